The van der Waals surface area contributed by atoms with Crippen molar-refractivity contribution < 1.29 is 58.4 Å². The van der Waals surface area contributed by atoms with E-state index in [-0.39, 0.29) is 23.7 Å². The van der Waals surface area contributed by atoms with Gasteiger partial charge < -0.3 is 41.3 Å². The highest BCUT2D eigenvalue weighted by atomic mass is 35.6. The Morgan fingerprint density at radius 3 is 1.34 bits per heavy atom. The zero-order chi connectivity index (χ0) is 70.0. The fraction of sp³-hybridized carbons (Fsp3) is 0.457. The Labute approximate surface area is 568 Å². The standard InChI is InChI=1S/C36H44Cl3N5O6.C34H43N5O6/c1-20(2)30(31(46)41-21(3)32(47)44-14-8-11-28(43-44)33(48)50-19-36(37,38)39)42-34(49)35(5,6)27-10-7-9-24(16-27)29-17-26-15-23(22(4)45)12-13-25(26)18-40-29;1-19(2)29(30(41)36-20(3)31(42)39-14-8-11-27(38-39)32(43)44)37-33(45)34(5,6)26-10-7-9-23(16-26)28-17-25-15-22(21(4)40)12-13-24(25)18-35-28/h7,9-10,12-13,15-18,20-22,28,30,43,45H,8,11,14,19H2,1-6H3,(H,41,46)(H,42,49);7,9-10,12-13,15-21,27,29,38,40H,8,11,14H2,1-6H3,(H,36,41)(H,37,45)(H,43,44)/t21-,22+,28-,30-;20-,21+,27-,29-/m00/s1. The second-order valence-electron chi connectivity index (χ2n) is 26.2. The second kappa shape index (κ2) is 31.8. The fourth-order valence-corrected chi connectivity index (χ4v) is 11.1. The van der Waals surface area contributed by atoms with E-state index in [4.69, 9.17) is 39.5 Å². The van der Waals surface area contributed by atoms with E-state index in [1.54, 1.807) is 67.8 Å². The van der Waals surface area contributed by atoms with Gasteiger partial charge in [-0.3, -0.25) is 58.3 Å². The van der Waals surface area contributed by atoms with E-state index >= 15 is 0 Å². The summed E-state index contributed by atoms with van der Waals surface area (Å²) in [6.07, 6.45) is 4.22. The molecule has 0 spiro atoms. The Kier molecular flexibility index (Phi) is 25.0. The van der Waals surface area contributed by atoms with Crippen molar-refractivity contribution in [2.24, 2.45) is 11.8 Å². The number of aliphatic carboxylic acids is 1. The number of benzene rings is 4. The van der Waals surface area contributed by atoms with Crippen LogP contribution in [0.5, 0.6) is 0 Å². The van der Waals surface area contributed by atoms with Crippen molar-refractivity contribution in [1.82, 2.24) is 52.1 Å². The minimum absolute atomic E-state index is 0.281. The van der Waals surface area contributed by atoms with Crippen molar-refractivity contribution in [2.75, 3.05) is 19.7 Å². The fourth-order valence-electron chi connectivity index (χ4n) is 11.0. The van der Waals surface area contributed by atoms with Gasteiger partial charge in [0.25, 0.3) is 11.8 Å². The molecule has 4 heterocycles. The summed E-state index contributed by atoms with van der Waals surface area (Å²) in [4.78, 5) is 114. The van der Waals surface area contributed by atoms with Crippen LogP contribution in [-0.4, -0.2) is 142 Å². The smallest absolute Gasteiger partial charge is 0.325 e. The van der Waals surface area contributed by atoms with Crippen LogP contribution in [0.2, 0.25) is 0 Å². The van der Waals surface area contributed by atoms with Crippen LogP contribution in [0, 0.1) is 11.8 Å². The predicted octanol–water partition coefficient (Wildman–Crippen LogP) is 8.75. The zero-order valence-electron chi connectivity index (χ0n) is 55.6. The van der Waals surface area contributed by atoms with Gasteiger partial charge in [0.2, 0.25) is 27.4 Å². The number of hydrogen-bond acceptors (Lipinski definition) is 15. The van der Waals surface area contributed by atoms with Gasteiger partial charge in [-0.2, -0.15) is 0 Å². The molecule has 0 radical (unpaired) electrons. The highest BCUT2D eigenvalue weighted by Gasteiger charge is 2.39. The number of aromatic nitrogens is 2. The first-order chi connectivity index (χ1) is 44.5. The Bertz CT molecular complexity index is 3800. The molecule has 2 fully saturated rings. The normalized spacial score (nSPS) is 17.3. The summed E-state index contributed by atoms with van der Waals surface area (Å²) in [5.41, 5.74) is 9.61. The zero-order valence-corrected chi connectivity index (χ0v) is 57.8. The number of aliphatic hydroxyl groups is 2. The van der Waals surface area contributed by atoms with E-state index in [1.807, 2.05) is 111 Å². The van der Waals surface area contributed by atoms with E-state index < -0.39 is 105 Å². The molecule has 6 amide bonds. The molecule has 0 saturated carbocycles. The van der Waals surface area contributed by atoms with Gasteiger partial charge in [0.15, 0.2) is 0 Å². The second-order valence-corrected chi connectivity index (χ2v) is 28.7. The van der Waals surface area contributed by atoms with Gasteiger partial charge >= 0.3 is 11.9 Å². The number of nitrogens with one attached hydrogen (secondary N) is 6. The first-order valence-corrected chi connectivity index (χ1v) is 32.9. The average Bonchev–Trinajstić information content (AvgIpc) is 0.805. The Balaban J connectivity index is 0.000000270. The molecule has 4 aromatic carbocycles. The van der Waals surface area contributed by atoms with Crippen LogP contribution in [0.15, 0.2) is 109 Å². The van der Waals surface area contributed by atoms with Crippen molar-refractivity contribution in [3.8, 4) is 22.5 Å². The summed E-state index contributed by atoms with van der Waals surface area (Å²) in [6.45, 7) is 21.1. The van der Waals surface area contributed by atoms with Crippen LogP contribution in [0.25, 0.3) is 44.1 Å². The first-order valence-electron chi connectivity index (χ1n) is 31.8. The Hall–Kier alpha value is -7.83. The van der Waals surface area contributed by atoms with Crippen LogP contribution in [-0.2, 0) is 53.9 Å². The van der Waals surface area contributed by atoms with Gasteiger partial charge in [-0.1, -0.05) is 123 Å². The minimum atomic E-state index is -1.76. The van der Waals surface area contributed by atoms with Gasteiger partial charge in [0.05, 0.1) is 34.4 Å². The molecule has 510 valence electrons. The number of carboxylic acids is 1. The first kappa shape index (κ1) is 74.6. The quantitative estimate of drug-likeness (QED) is 0.0240. The summed E-state index contributed by atoms with van der Waals surface area (Å²) >= 11 is 17.0. The number of nitrogens with zero attached hydrogens (tertiary/aromatic N) is 4. The molecule has 2 saturated heterocycles. The summed E-state index contributed by atoms with van der Waals surface area (Å²) < 4.78 is 3.29. The summed E-state index contributed by atoms with van der Waals surface area (Å²) in [5, 5.41) is 46.8. The number of halogens is 3. The highest BCUT2D eigenvalue weighted by Crippen LogP contribution is 2.33. The molecule has 0 unspecified atom stereocenters. The van der Waals surface area contributed by atoms with Gasteiger partial charge in [0, 0.05) is 47.4 Å². The molecular formula is C70H87Cl3N10O12. The molecule has 95 heavy (non-hydrogen) atoms. The van der Waals surface area contributed by atoms with E-state index in [0.29, 0.717) is 44.5 Å². The summed E-state index contributed by atoms with van der Waals surface area (Å²) in [6, 6.07) is 25.0. The number of ether oxygens (including phenoxy) is 1. The molecule has 25 heteroatoms. The lowest BCUT2D eigenvalue weighted by Gasteiger charge is -2.35. The van der Waals surface area contributed by atoms with Crippen molar-refractivity contribution in [1.29, 1.82) is 0 Å². The number of carbonyl (C=O) groups is 8. The van der Waals surface area contributed by atoms with Crippen LogP contribution >= 0.6 is 34.8 Å². The average molecular weight is 1370 g/mol. The molecule has 0 bridgehead atoms. The number of pyridine rings is 2. The maximum atomic E-state index is 13.8. The number of hydrazine groups is 2. The van der Waals surface area contributed by atoms with Gasteiger partial charge in [0.1, 0.15) is 42.9 Å². The molecule has 8 atom stereocenters. The molecular weight excluding hydrogens is 1280 g/mol. The molecule has 2 aromatic heterocycles. The lowest BCUT2D eigenvalue weighted by Crippen LogP contribution is -2.61. The number of aliphatic hydroxyl groups excluding tert-OH is 2. The van der Waals surface area contributed by atoms with E-state index in [2.05, 4.69) is 42.1 Å². The van der Waals surface area contributed by atoms with E-state index in [1.165, 1.54) is 23.9 Å². The highest BCUT2D eigenvalue weighted by molar-refractivity contribution is 6.67. The van der Waals surface area contributed by atoms with Crippen LogP contribution in [0.4, 0.5) is 0 Å². The van der Waals surface area contributed by atoms with E-state index in [0.717, 1.165) is 60.6 Å². The monoisotopic (exact) mass is 1360 g/mol. The largest absolute Gasteiger partial charge is 0.480 e. The van der Waals surface area contributed by atoms with Gasteiger partial charge in [-0.05, 0) is 162 Å². The predicted molar refractivity (Wildman–Crippen MR) is 365 cm³/mol. The number of carboxylic acid groups (broad SMARTS) is 1. The molecule has 6 aromatic rings. The third kappa shape index (κ3) is 19.2. The number of hydrogen-bond donors (Lipinski definition) is 9. The molecule has 2 aliphatic rings. The Morgan fingerprint density at radius 1 is 0.558 bits per heavy atom. The number of amides is 6. The van der Waals surface area contributed by atoms with Crippen LogP contribution < -0.4 is 32.1 Å². The number of alkyl halides is 3. The maximum Gasteiger partial charge on any atom is 0.325 e. The number of esters is 1. The summed E-state index contributed by atoms with van der Waals surface area (Å²) in [7, 11) is 0. The minimum Gasteiger partial charge on any atom is -0.480 e. The van der Waals surface area contributed by atoms with Crippen LogP contribution in [0.1, 0.15) is 143 Å². The number of carbonyl (C=O) groups excluding carboxylic acids is 7. The van der Waals surface area contributed by atoms with Crippen LogP contribution in [0.3, 0.4) is 0 Å². The molecule has 2 aliphatic heterocycles. The molecule has 0 aliphatic carbocycles. The Morgan fingerprint density at radius 2 is 0.958 bits per heavy atom. The molecule has 9 N–H and O–H groups in total. The third-order valence-corrected chi connectivity index (χ3v) is 17.5. The van der Waals surface area contributed by atoms with Gasteiger partial charge in [-0.15, -0.1) is 0 Å². The van der Waals surface area contributed by atoms with E-state index in [9.17, 15) is 53.7 Å². The van der Waals surface area contributed by atoms with Crippen molar-refractivity contribution >= 4 is 104 Å². The number of rotatable bonds is 21. The third-order valence-electron chi connectivity index (χ3n) is 17.1. The lowest BCUT2D eigenvalue weighted by atomic mass is 9.82. The van der Waals surface area contributed by atoms with Crippen molar-refractivity contribution in [3.05, 3.63) is 132 Å². The topological polar surface area (TPSA) is 311 Å². The van der Waals surface area contributed by atoms with Crippen molar-refractivity contribution in [2.45, 2.75) is 172 Å². The number of fused-ring (bicyclic) bond motifs is 2. The SMILES string of the molecule is CC(C)[C@H](NC(=O)C(C)(C)c1cccc(-c2cc3cc([C@@H](C)O)ccc3cn2)c1)C(=O)N[C@@H](C)C(=O)N1CCC[C@@H](C(=O)O)N1.CC(C)[C@H](NC(=O)C(C)(C)c1cccc(-c2cc3cc([C@@H](C)O)ccc3cn2)c1)C(=O)N[C@@H](C)C(=O)N1CCC[C@@H](C(=O)OCC(Cl)(Cl)Cl)N1. The maximum absolute atomic E-state index is 13.8. The lowest BCUT2D eigenvalue weighted by molar-refractivity contribution is -0.153. The molecule has 22 nitrogen and oxygen atoms in total. The van der Waals surface area contributed by atoms with Gasteiger partial charge in [-0.25, -0.2) is 10.9 Å². The van der Waals surface area contributed by atoms with Crippen molar-refractivity contribution in [3.63, 3.8) is 0 Å². The summed E-state index contributed by atoms with van der Waals surface area (Å²) in [5.74, 6) is -4.97. The molecule has 8 rings (SSSR count).